The summed E-state index contributed by atoms with van der Waals surface area (Å²) in [5, 5.41) is 6.61. The van der Waals surface area contributed by atoms with Crippen molar-refractivity contribution in [2.45, 2.75) is 38.3 Å². The van der Waals surface area contributed by atoms with Crippen LogP contribution in [-0.4, -0.2) is 51.5 Å². The minimum Gasteiger partial charge on any atom is -0.481 e. The van der Waals surface area contributed by atoms with Crippen LogP contribution in [0, 0.1) is 5.82 Å². The predicted molar refractivity (Wildman–Crippen MR) is 112 cm³/mol. The zero-order valence-electron chi connectivity index (χ0n) is 18.0. The van der Waals surface area contributed by atoms with Crippen molar-refractivity contribution < 1.29 is 23.0 Å². The maximum Gasteiger partial charge on any atom is 0.413 e. The van der Waals surface area contributed by atoms with Crippen molar-refractivity contribution in [2.24, 2.45) is 0 Å². The molecular formula is C21H24F2N6O3. The number of aromatic nitrogens is 4. The molecule has 1 aliphatic rings. The first kappa shape index (κ1) is 21.7. The lowest BCUT2D eigenvalue weighted by atomic mass is 10.1. The fraction of sp³-hybridized carbons (Fsp3) is 0.429. The van der Waals surface area contributed by atoms with Gasteiger partial charge in [0.2, 0.25) is 11.5 Å². The van der Waals surface area contributed by atoms with E-state index in [1.807, 2.05) is 4.90 Å². The molecule has 4 rings (SSSR count). The largest absolute Gasteiger partial charge is 0.481 e. The van der Waals surface area contributed by atoms with Crippen LogP contribution in [0.4, 0.5) is 19.4 Å². The number of nitrogens with zero attached hydrogens (tertiary/aromatic N) is 5. The molecule has 32 heavy (non-hydrogen) atoms. The van der Waals surface area contributed by atoms with Gasteiger partial charge in [0.1, 0.15) is 18.3 Å². The lowest BCUT2D eigenvalue weighted by Gasteiger charge is -2.27. The number of rotatable bonds is 6. The molecule has 1 atom stereocenters. The highest BCUT2D eigenvalue weighted by atomic mass is 19.1. The van der Waals surface area contributed by atoms with Gasteiger partial charge in [-0.15, -0.1) is 0 Å². The third-order valence-corrected chi connectivity index (χ3v) is 5.24. The fourth-order valence-corrected chi connectivity index (χ4v) is 3.72. The summed E-state index contributed by atoms with van der Waals surface area (Å²) in [5.41, 5.74) is -0.0883. The molecule has 1 N–H and O–H groups in total. The van der Waals surface area contributed by atoms with Gasteiger partial charge in [0, 0.05) is 18.3 Å². The van der Waals surface area contributed by atoms with Crippen molar-refractivity contribution in [1.82, 2.24) is 24.9 Å². The van der Waals surface area contributed by atoms with E-state index >= 15 is 0 Å². The van der Waals surface area contributed by atoms with Crippen LogP contribution in [0.2, 0.25) is 0 Å². The van der Waals surface area contributed by atoms with Gasteiger partial charge in [-0.3, -0.25) is 0 Å². The van der Waals surface area contributed by atoms with E-state index < -0.39 is 24.1 Å². The molecule has 0 aliphatic carbocycles. The molecule has 0 unspecified atom stereocenters. The Morgan fingerprint density at radius 1 is 1.38 bits per heavy atom. The summed E-state index contributed by atoms with van der Waals surface area (Å²) in [6.07, 6.45) is 5.04. The van der Waals surface area contributed by atoms with Gasteiger partial charge in [0.25, 0.3) is 0 Å². The SMILES string of the molecule is COc1ncc(F)cc1[C@H]1CCCN1c1ccn2ncc(OC(=O)NC(C)(C)CF)c2n1. The van der Waals surface area contributed by atoms with E-state index in [2.05, 4.69) is 20.4 Å². The Labute approximate surface area is 183 Å². The monoisotopic (exact) mass is 446 g/mol. The Morgan fingerprint density at radius 2 is 2.19 bits per heavy atom. The third kappa shape index (κ3) is 4.27. The van der Waals surface area contributed by atoms with Crippen molar-refractivity contribution in [3.05, 3.63) is 42.1 Å². The topological polar surface area (TPSA) is 93.9 Å². The second-order valence-electron chi connectivity index (χ2n) is 8.20. The van der Waals surface area contributed by atoms with Gasteiger partial charge in [-0.05, 0) is 38.8 Å². The van der Waals surface area contributed by atoms with Gasteiger partial charge in [-0.1, -0.05) is 0 Å². The van der Waals surface area contributed by atoms with Crippen LogP contribution in [0.25, 0.3) is 5.65 Å². The van der Waals surface area contributed by atoms with E-state index in [-0.39, 0.29) is 11.8 Å². The van der Waals surface area contributed by atoms with Crippen LogP contribution < -0.4 is 19.7 Å². The summed E-state index contributed by atoms with van der Waals surface area (Å²) < 4.78 is 39.0. The molecule has 1 aliphatic heterocycles. The number of ether oxygens (including phenoxy) is 2. The van der Waals surface area contributed by atoms with E-state index in [9.17, 15) is 13.6 Å². The number of hydrogen-bond acceptors (Lipinski definition) is 7. The summed E-state index contributed by atoms with van der Waals surface area (Å²) in [6.45, 7) is 3.05. The molecule has 3 aromatic rings. The molecule has 170 valence electrons. The van der Waals surface area contributed by atoms with E-state index in [0.29, 0.717) is 29.5 Å². The highest BCUT2D eigenvalue weighted by Crippen LogP contribution is 2.39. The minimum atomic E-state index is -1.06. The van der Waals surface area contributed by atoms with Gasteiger partial charge in [-0.2, -0.15) is 5.10 Å². The van der Waals surface area contributed by atoms with Gasteiger partial charge in [0.05, 0.1) is 31.1 Å². The number of fused-ring (bicyclic) bond motifs is 1. The van der Waals surface area contributed by atoms with Gasteiger partial charge >= 0.3 is 6.09 Å². The van der Waals surface area contributed by atoms with Gasteiger partial charge in [0.15, 0.2) is 5.75 Å². The van der Waals surface area contributed by atoms with E-state index in [0.717, 1.165) is 19.0 Å². The van der Waals surface area contributed by atoms with E-state index in [4.69, 9.17) is 9.47 Å². The summed E-state index contributed by atoms with van der Waals surface area (Å²) in [4.78, 5) is 22.9. The summed E-state index contributed by atoms with van der Waals surface area (Å²) in [7, 11) is 1.50. The number of carbonyl (C=O) groups is 1. The first-order valence-electron chi connectivity index (χ1n) is 10.2. The maximum atomic E-state index is 13.9. The van der Waals surface area contributed by atoms with Crippen molar-refractivity contribution >= 4 is 17.6 Å². The zero-order chi connectivity index (χ0) is 22.9. The predicted octanol–water partition coefficient (Wildman–Crippen LogP) is 3.45. The van der Waals surface area contributed by atoms with Crippen molar-refractivity contribution in [1.29, 1.82) is 0 Å². The van der Waals surface area contributed by atoms with Crippen LogP contribution in [-0.2, 0) is 0 Å². The molecule has 0 spiro atoms. The molecule has 9 nitrogen and oxygen atoms in total. The molecule has 0 bridgehead atoms. The molecule has 0 aromatic carbocycles. The second-order valence-corrected chi connectivity index (χ2v) is 8.20. The number of methoxy groups -OCH3 is 1. The number of amides is 1. The van der Waals surface area contributed by atoms with Crippen molar-refractivity contribution in [3.63, 3.8) is 0 Å². The van der Waals surface area contributed by atoms with Crippen LogP contribution in [0.5, 0.6) is 11.6 Å². The number of alkyl halides is 1. The first-order valence-corrected chi connectivity index (χ1v) is 10.2. The molecule has 0 saturated carbocycles. The number of hydrogen-bond donors (Lipinski definition) is 1. The Balaban J connectivity index is 1.63. The van der Waals surface area contributed by atoms with Crippen molar-refractivity contribution in [3.8, 4) is 11.6 Å². The van der Waals surface area contributed by atoms with E-state index in [1.54, 1.807) is 26.1 Å². The highest BCUT2D eigenvalue weighted by molar-refractivity contribution is 5.74. The quantitative estimate of drug-likeness (QED) is 0.620. The van der Waals surface area contributed by atoms with Crippen LogP contribution in [0.15, 0.2) is 30.7 Å². The normalized spacial score (nSPS) is 16.4. The Hall–Kier alpha value is -3.50. The Bertz CT molecular complexity index is 1140. The number of halogens is 2. The molecule has 3 aromatic heterocycles. The lowest BCUT2D eigenvalue weighted by Crippen LogP contribution is -2.46. The lowest BCUT2D eigenvalue weighted by molar-refractivity contribution is 0.182. The molecule has 1 amide bonds. The molecule has 0 radical (unpaired) electrons. The molecule has 1 fully saturated rings. The van der Waals surface area contributed by atoms with E-state index in [1.165, 1.54) is 23.9 Å². The van der Waals surface area contributed by atoms with Crippen LogP contribution >= 0.6 is 0 Å². The number of pyridine rings is 1. The summed E-state index contributed by atoms with van der Waals surface area (Å²) in [6, 6.07) is 3.04. The Morgan fingerprint density at radius 3 is 2.94 bits per heavy atom. The average molecular weight is 446 g/mol. The fourth-order valence-electron chi connectivity index (χ4n) is 3.72. The highest BCUT2D eigenvalue weighted by Gasteiger charge is 2.31. The first-order chi connectivity index (χ1) is 15.3. The number of anilines is 1. The minimum absolute atomic E-state index is 0.139. The average Bonchev–Trinajstić information content (AvgIpc) is 3.40. The standard InChI is InChI=1S/C21H24F2N6O3/c1-21(2,12-22)27-20(30)32-16-11-25-29-8-6-17(26-18(16)29)28-7-4-5-15(28)14-9-13(23)10-24-19(14)31-3/h6,8-11,15H,4-5,7,12H2,1-3H3,(H,27,30)/t15-/m1/s1. The second kappa shape index (κ2) is 8.56. The molecular weight excluding hydrogens is 422 g/mol. The van der Waals surface area contributed by atoms with Crippen molar-refractivity contribution in [2.75, 3.05) is 25.2 Å². The smallest absolute Gasteiger partial charge is 0.413 e. The van der Waals surface area contributed by atoms with Crippen LogP contribution in [0.3, 0.4) is 0 Å². The van der Waals surface area contributed by atoms with Crippen LogP contribution in [0.1, 0.15) is 38.3 Å². The summed E-state index contributed by atoms with van der Waals surface area (Å²) in [5.74, 6) is 0.676. The molecule has 4 heterocycles. The maximum absolute atomic E-state index is 13.9. The summed E-state index contributed by atoms with van der Waals surface area (Å²) >= 11 is 0. The molecule has 1 saturated heterocycles. The zero-order valence-corrected chi connectivity index (χ0v) is 18.0. The van der Waals surface area contributed by atoms with Gasteiger partial charge in [-0.25, -0.2) is 28.1 Å². The molecule has 11 heteroatoms. The number of nitrogens with one attached hydrogen (secondary N) is 1. The Kier molecular flexibility index (Phi) is 5.81. The third-order valence-electron chi connectivity index (χ3n) is 5.24. The number of carbonyl (C=O) groups excluding carboxylic acids is 1. The van der Waals surface area contributed by atoms with Gasteiger partial charge < -0.3 is 19.7 Å².